The van der Waals surface area contributed by atoms with E-state index in [0.29, 0.717) is 37.0 Å². The molecule has 1 aromatic heterocycles. The van der Waals surface area contributed by atoms with E-state index in [0.717, 1.165) is 16.8 Å². The van der Waals surface area contributed by atoms with Gasteiger partial charge in [-0.25, -0.2) is 4.79 Å². The summed E-state index contributed by atoms with van der Waals surface area (Å²) in [5.74, 6) is 0.722. The van der Waals surface area contributed by atoms with Crippen LogP contribution in [0.3, 0.4) is 0 Å². The maximum absolute atomic E-state index is 12.2. The van der Waals surface area contributed by atoms with E-state index in [2.05, 4.69) is 20.8 Å². The lowest BCUT2D eigenvalue weighted by Crippen LogP contribution is -2.27. The number of hydrogen-bond donors (Lipinski definition) is 2. The Kier molecular flexibility index (Phi) is 5.24. The summed E-state index contributed by atoms with van der Waals surface area (Å²) in [6.07, 6.45) is 0.586. The number of aryl methyl sites for hydroxylation is 2. The lowest BCUT2D eigenvalue weighted by molar-refractivity contribution is -0.116. The molecule has 1 fully saturated rings. The van der Waals surface area contributed by atoms with Crippen molar-refractivity contribution in [2.24, 2.45) is 0 Å². The van der Waals surface area contributed by atoms with Crippen LogP contribution in [-0.4, -0.2) is 35.2 Å². The number of amides is 3. The van der Waals surface area contributed by atoms with E-state index in [9.17, 15) is 9.59 Å². The number of carbonyl (C=O) groups is 2. The zero-order chi connectivity index (χ0) is 20.2. The number of anilines is 2. The van der Waals surface area contributed by atoms with Gasteiger partial charge < -0.3 is 15.1 Å². The Balaban J connectivity index is 1.30. The molecule has 0 unspecified atom stereocenters. The third kappa shape index (κ3) is 4.43. The smallest absolute Gasteiger partial charge is 0.321 e. The molecule has 4 rings (SSSR count). The van der Waals surface area contributed by atoms with Crippen LogP contribution in [0.5, 0.6) is 0 Å². The number of nitrogens with one attached hydrogen (secondary N) is 2. The van der Waals surface area contributed by atoms with Crippen molar-refractivity contribution in [2.45, 2.75) is 19.8 Å². The number of aromatic nitrogens is 2. The molecular weight excluding hydrogens is 370 g/mol. The van der Waals surface area contributed by atoms with Crippen molar-refractivity contribution in [1.29, 1.82) is 0 Å². The van der Waals surface area contributed by atoms with Gasteiger partial charge in [-0.3, -0.25) is 9.69 Å². The average molecular weight is 391 g/mol. The fraction of sp³-hybridized carbons (Fsp3) is 0.238. The first-order valence-electron chi connectivity index (χ1n) is 9.43. The van der Waals surface area contributed by atoms with Gasteiger partial charge in [-0.05, 0) is 43.3 Å². The predicted octanol–water partition coefficient (Wildman–Crippen LogP) is 3.15. The molecule has 0 atom stereocenters. The summed E-state index contributed by atoms with van der Waals surface area (Å²) < 4.78 is 5.65. The Bertz CT molecular complexity index is 1010. The molecule has 1 saturated heterocycles. The lowest BCUT2D eigenvalue weighted by Gasteiger charge is -2.14. The van der Waals surface area contributed by atoms with Crippen molar-refractivity contribution in [2.75, 3.05) is 23.3 Å². The third-order valence-corrected chi connectivity index (χ3v) is 4.65. The molecule has 3 amide bonds. The number of benzene rings is 2. The first-order valence-corrected chi connectivity index (χ1v) is 9.43. The molecule has 2 N–H and O–H groups in total. The summed E-state index contributed by atoms with van der Waals surface area (Å²) >= 11 is 0. The second-order valence-electron chi connectivity index (χ2n) is 6.85. The number of rotatable bonds is 6. The van der Waals surface area contributed by atoms with E-state index in [-0.39, 0.29) is 18.4 Å². The molecule has 0 aliphatic carbocycles. The van der Waals surface area contributed by atoms with E-state index < -0.39 is 0 Å². The van der Waals surface area contributed by atoms with Gasteiger partial charge in [0, 0.05) is 42.9 Å². The second-order valence-corrected chi connectivity index (χ2v) is 6.85. The predicted molar refractivity (Wildman–Crippen MR) is 109 cm³/mol. The molecule has 0 spiro atoms. The summed E-state index contributed by atoms with van der Waals surface area (Å²) in [5.41, 5.74) is 3.48. The first kappa shape index (κ1) is 18.7. The first-order chi connectivity index (χ1) is 14.1. The molecule has 148 valence electrons. The van der Waals surface area contributed by atoms with Crippen LogP contribution in [0, 0.1) is 6.92 Å². The highest BCUT2D eigenvalue weighted by Gasteiger charge is 2.20. The Morgan fingerprint density at radius 1 is 1.14 bits per heavy atom. The van der Waals surface area contributed by atoms with Gasteiger partial charge in [0.1, 0.15) is 0 Å². The minimum atomic E-state index is -0.147. The van der Waals surface area contributed by atoms with Crippen LogP contribution in [-0.2, 0) is 11.2 Å². The van der Waals surface area contributed by atoms with Gasteiger partial charge in [0.2, 0.25) is 17.7 Å². The summed E-state index contributed by atoms with van der Waals surface area (Å²) in [5, 5.41) is 13.7. The summed E-state index contributed by atoms with van der Waals surface area (Å²) in [7, 11) is 0. The standard InChI is InChI=1S/C21H21N5O3/c1-14-2-4-15(5-3-14)20-25-24-19(29-20)11-10-18(27)23-16-6-8-17(9-7-16)26-13-12-22-21(26)28/h2-9H,10-13H2,1H3,(H,22,28)(H,23,27). The van der Waals surface area contributed by atoms with Crippen LogP contribution in [0.1, 0.15) is 17.9 Å². The molecule has 1 aliphatic heterocycles. The van der Waals surface area contributed by atoms with Crippen molar-refractivity contribution in [3.8, 4) is 11.5 Å². The minimum Gasteiger partial charge on any atom is -0.421 e. The van der Waals surface area contributed by atoms with E-state index >= 15 is 0 Å². The molecule has 29 heavy (non-hydrogen) atoms. The van der Waals surface area contributed by atoms with Crippen LogP contribution in [0.2, 0.25) is 0 Å². The van der Waals surface area contributed by atoms with Crippen molar-refractivity contribution >= 4 is 23.3 Å². The quantitative estimate of drug-likeness (QED) is 0.672. The number of nitrogens with zero attached hydrogens (tertiary/aromatic N) is 3. The largest absolute Gasteiger partial charge is 0.421 e. The molecule has 0 saturated carbocycles. The van der Waals surface area contributed by atoms with Gasteiger partial charge >= 0.3 is 6.03 Å². The Hall–Kier alpha value is -3.68. The number of urea groups is 1. The minimum absolute atomic E-state index is 0.105. The van der Waals surface area contributed by atoms with Gasteiger partial charge in [0.25, 0.3) is 0 Å². The van der Waals surface area contributed by atoms with Gasteiger partial charge in [-0.1, -0.05) is 17.7 Å². The summed E-state index contributed by atoms with van der Waals surface area (Å²) in [6.45, 7) is 3.29. The van der Waals surface area contributed by atoms with Gasteiger partial charge in [0.05, 0.1) is 0 Å². The average Bonchev–Trinajstić information content (AvgIpc) is 3.37. The highest BCUT2D eigenvalue weighted by molar-refractivity contribution is 5.95. The fourth-order valence-corrected chi connectivity index (χ4v) is 3.05. The lowest BCUT2D eigenvalue weighted by atomic mass is 10.1. The second kappa shape index (κ2) is 8.14. The highest BCUT2D eigenvalue weighted by Crippen LogP contribution is 2.21. The van der Waals surface area contributed by atoms with E-state index in [1.165, 1.54) is 0 Å². The molecule has 8 heteroatoms. The molecule has 0 radical (unpaired) electrons. The van der Waals surface area contributed by atoms with Crippen LogP contribution in [0.25, 0.3) is 11.5 Å². The van der Waals surface area contributed by atoms with E-state index in [1.807, 2.05) is 43.3 Å². The summed E-state index contributed by atoms with van der Waals surface area (Å²) in [4.78, 5) is 25.6. The van der Waals surface area contributed by atoms with Gasteiger partial charge in [-0.2, -0.15) is 0 Å². The van der Waals surface area contributed by atoms with Crippen molar-refractivity contribution < 1.29 is 14.0 Å². The zero-order valence-corrected chi connectivity index (χ0v) is 16.0. The van der Waals surface area contributed by atoms with Crippen LogP contribution >= 0.6 is 0 Å². The number of hydrogen-bond acceptors (Lipinski definition) is 5. The zero-order valence-electron chi connectivity index (χ0n) is 16.0. The molecule has 8 nitrogen and oxygen atoms in total. The van der Waals surface area contributed by atoms with Gasteiger partial charge in [-0.15, -0.1) is 10.2 Å². The van der Waals surface area contributed by atoms with E-state index in [1.54, 1.807) is 17.0 Å². The highest BCUT2D eigenvalue weighted by atomic mass is 16.4. The SMILES string of the molecule is Cc1ccc(-c2nnc(CCC(=O)Nc3ccc(N4CCNC4=O)cc3)o2)cc1. The maximum Gasteiger partial charge on any atom is 0.321 e. The van der Waals surface area contributed by atoms with Crippen molar-refractivity contribution in [1.82, 2.24) is 15.5 Å². The summed E-state index contributed by atoms with van der Waals surface area (Å²) in [6, 6.07) is 14.9. The molecular formula is C21H21N5O3. The van der Waals surface area contributed by atoms with Crippen LogP contribution in [0.15, 0.2) is 52.9 Å². The molecule has 1 aliphatic rings. The fourth-order valence-electron chi connectivity index (χ4n) is 3.05. The number of carbonyl (C=O) groups excluding carboxylic acids is 2. The van der Waals surface area contributed by atoms with Crippen molar-refractivity contribution in [3.05, 3.63) is 60.0 Å². The molecule has 2 aromatic carbocycles. The Morgan fingerprint density at radius 2 is 1.90 bits per heavy atom. The van der Waals surface area contributed by atoms with Gasteiger partial charge in [0.15, 0.2) is 0 Å². The topological polar surface area (TPSA) is 100 Å². The normalized spacial score (nSPS) is 13.4. The molecule has 0 bridgehead atoms. The molecule has 3 aromatic rings. The maximum atomic E-state index is 12.2. The third-order valence-electron chi connectivity index (χ3n) is 4.65. The Morgan fingerprint density at radius 3 is 2.59 bits per heavy atom. The van der Waals surface area contributed by atoms with Crippen LogP contribution in [0.4, 0.5) is 16.2 Å². The monoisotopic (exact) mass is 391 g/mol. The van der Waals surface area contributed by atoms with Crippen LogP contribution < -0.4 is 15.5 Å². The molecule has 2 heterocycles. The van der Waals surface area contributed by atoms with Crippen molar-refractivity contribution in [3.63, 3.8) is 0 Å². The van der Waals surface area contributed by atoms with E-state index in [4.69, 9.17) is 4.42 Å². The Labute approximate surface area is 167 Å².